The molecular formula is C13H16ClNO4S. The lowest BCUT2D eigenvalue weighted by atomic mass is 10.2. The van der Waals surface area contributed by atoms with Gasteiger partial charge in [-0.15, -0.1) is 0 Å². The molecule has 20 heavy (non-hydrogen) atoms. The highest BCUT2D eigenvalue weighted by atomic mass is 35.5. The van der Waals surface area contributed by atoms with Crippen LogP contribution in [-0.2, 0) is 19.6 Å². The van der Waals surface area contributed by atoms with Gasteiger partial charge in [-0.3, -0.25) is 4.79 Å². The van der Waals surface area contributed by atoms with E-state index >= 15 is 0 Å². The van der Waals surface area contributed by atoms with E-state index in [1.54, 1.807) is 31.2 Å². The highest BCUT2D eigenvalue weighted by Gasteiger charge is 2.20. The Hall–Kier alpha value is -1.37. The van der Waals surface area contributed by atoms with Crippen molar-refractivity contribution in [1.82, 2.24) is 4.31 Å². The second-order valence-corrected chi connectivity index (χ2v) is 6.16. The number of sulfonamides is 1. The molecule has 0 N–H and O–H groups in total. The topological polar surface area (TPSA) is 63.7 Å². The molecule has 0 atom stereocenters. The van der Waals surface area contributed by atoms with Gasteiger partial charge in [-0.05, 0) is 23.8 Å². The van der Waals surface area contributed by atoms with Gasteiger partial charge in [0.25, 0.3) is 0 Å². The summed E-state index contributed by atoms with van der Waals surface area (Å²) in [5.41, 5.74) is 0.701. The molecule has 1 aromatic carbocycles. The summed E-state index contributed by atoms with van der Waals surface area (Å²) < 4.78 is 29.6. The van der Waals surface area contributed by atoms with Crippen LogP contribution >= 0.6 is 11.6 Å². The molecule has 0 amide bonds. The fourth-order valence-corrected chi connectivity index (χ4v) is 2.69. The lowest BCUT2D eigenvalue weighted by Crippen LogP contribution is -2.34. The molecule has 0 aromatic heterocycles. The zero-order valence-corrected chi connectivity index (χ0v) is 12.8. The van der Waals surface area contributed by atoms with Crippen LogP contribution in [-0.4, -0.2) is 38.9 Å². The SMILES string of the molecule is CCN(CC(=O)OC)S(=O)(=O)C=Cc1ccc(Cl)cc1. The molecule has 0 aliphatic rings. The first-order valence-electron chi connectivity index (χ1n) is 5.89. The molecule has 0 aliphatic heterocycles. The maximum absolute atomic E-state index is 12.1. The van der Waals surface area contributed by atoms with Gasteiger partial charge in [-0.25, -0.2) is 8.42 Å². The maximum Gasteiger partial charge on any atom is 0.321 e. The molecule has 0 fully saturated rings. The molecular weight excluding hydrogens is 302 g/mol. The van der Waals surface area contributed by atoms with Gasteiger partial charge >= 0.3 is 5.97 Å². The average molecular weight is 318 g/mol. The van der Waals surface area contributed by atoms with E-state index in [1.165, 1.54) is 13.2 Å². The Kier molecular flexibility index (Phi) is 6.19. The Labute approximate surface area is 123 Å². The quantitative estimate of drug-likeness (QED) is 0.754. The van der Waals surface area contributed by atoms with Crippen LogP contribution in [0.5, 0.6) is 0 Å². The number of rotatable bonds is 6. The maximum atomic E-state index is 12.1. The minimum absolute atomic E-state index is 0.183. The van der Waals surface area contributed by atoms with Crippen LogP contribution in [0.25, 0.3) is 6.08 Å². The molecule has 0 bridgehead atoms. The van der Waals surface area contributed by atoms with Gasteiger partial charge in [0, 0.05) is 17.0 Å². The Morgan fingerprint density at radius 3 is 2.45 bits per heavy atom. The summed E-state index contributed by atoms with van der Waals surface area (Å²) in [6.45, 7) is 1.53. The third kappa shape index (κ3) is 4.96. The number of benzene rings is 1. The number of hydrogen-bond donors (Lipinski definition) is 0. The van der Waals surface area contributed by atoms with Crippen molar-refractivity contribution in [2.24, 2.45) is 0 Å². The number of carbonyl (C=O) groups excluding carboxylic acids is 1. The Morgan fingerprint density at radius 1 is 1.35 bits per heavy atom. The zero-order valence-electron chi connectivity index (χ0n) is 11.2. The van der Waals surface area contributed by atoms with E-state index < -0.39 is 16.0 Å². The van der Waals surface area contributed by atoms with Crippen molar-refractivity contribution in [3.8, 4) is 0 Å². The van der Waals surface area contributed by atoms with Gasteiger partial charge in [-0.1, -0.05) is 30.7 Å². The Morgan fingerprint density at radius 2 is 1.95 bits per heavy atom. The van der Waals surface area contributed by atoms with E-state index in [-0.39, 0.29) is 13.1 Å². The Bertz CT molecular complexity index is 581. The molecule has 0 aliphatic carbocycles. The van der Waals surface area contributed by atoms with Crippen molar-refractivity contribution in [3.63, 3.8) is 0 Å². The number of nitrogens with zero attached hydrogens (tertiary/aromatic N) is 1. The van der Waals surface area contributed by atoms with Gasteiger partial charge < -0.3 is 4.74 Å². The summed E-state index contributed by atoms with van der Waals surface area (Å²) in [5.74, 6) is -0.602. The summed E-state index contributed by atoms with van der Waals surface area (Å²) in [7, 11) is -2.45. The zero-order chi connectivity index (χ0) is 15.2. The predicted molar refractivity (Wildman–Crippen MR) is 78.7 cm³/mol. The van der Waals surface area contributed by atoms with Gasteiger partial charge in [-0.2, -0.15) is 4.31 Å². The van der Waals surface area contributed by atoms with E-state index in [0.29, 0.717) is 10.6 Å². The lowest BCUT2D eigenvalue weighted by molar-refractivity contribution is -0.140. The smallest absolute Gasteiger partial charge is 0.321 e. The number of hydrogen-bond acceptors (Lipinski definition) is 4. The number of likely N-dealkylation sites (N-methyl/N-ethyl adjacent to an activating group) is 1. The van der Waals surface area contributed by atoms with E-state index in [2.05, 4.69) is 4.74 Å². The summed E-state index contributed by atoms with van der Waals surface area (Å²) in [5, 5.41) is 1.63. The van der Waals surface area contributed by atoms with Crippen molar-refractivity contribution in [3.05, 3.63) is 40.3 Å². The first-order chi connectivity index (χ1) is 9.39. The largest absolute Gasteiger partial charge is 0.468 e. The minimum Gasteiger partial charge on any atom is -0.468 e. The second-order valence-electron chi connectivity index (χ2n) is 3.90. The van der Waals surface area contributed by atoms with Gasteiger partial charge in [0.1, 0.15) is 6.54 Å². The third-order valence-corrected chi connectivity index (χ3v) is 4.39. The van der Waals surface area contributed by atoms with Crippen molar-refractivity contribution >= 4 is 33.7 Å². The van der Waals surface area contributed by atoms with Gasteiger partial charge in [0.15, 0.2) is 0 Å². The van der Waals surface area contributed by atoms with Crippen LogP contribution < -0.4 is 0 Å². The molecule has 5 nitrogen and oxygen atoms in total. The van der Waals surface area contributed by atoms with Crippen LogP contribution in [0.15, 0.2) is 29.7 Å². The van der Waals surface area contributed by atoms with Crippen LogP contribution in [0, 0.1) is 0 Å². The molecule has 0 heterocycles. The average Bonchev–Trinajstić information content (AvgIpc) is 2.43. The predicted octanol–water partition coefficient (Wildman–Crippen LogP) is 2.14. The molecule has 0 saturated heterocycles. The summed E-state index contributed by atoms with van der Waals surface area (Å²) in [6, 6.07) is 6.73. The first kappa shape index (κ1) is 16.7. The number of carbonyl (C=O) groups is 1. The Balaban J connectivity index is 2.86. The standard InChI is InChI=1S/C13H16ClNO4S/c1-3-15(10-13(16)19-2)20(17,18)9-8-11-4-6-12(14)7-5-11/h4-9H,3,10H2,1-2H3. The number of ether oxygens (including phenoxy) is 1. The molecule has 0 spiro atoms. The normalized spacial score (nSPS) is 12.0. The van der Waals surface area contributed by atoms with Gasteiger partial charge in [0.05, 0.1) is 7.11 Å². The van der Waals surface area contributed by atoms with Crippen molar-refractivity contribution in [1.29, 1.82) is 0 Å². The van der Waals surface area contributed by atoms with Crippen LogP contribution in [0.2, 0.25) is 5.02 Å². The molecule has 110 valence electrons. The first-order valence-corrected chi connectivity index (χ1v) is 7.77. The van der Waals surface area contributed by atoms with Gasteiger partial charge in [0.2, 0.25) is 10.0 Å². The van der Waals surface area contributed by atoms with E-state index in [1.807, 2.05) is 0 Å². The van der Waals surface area contributed by atoms with Crippen LogP contribution in [0.3, 0.4) is 0 Å². The molecule has 0 radical (unpaired) electrons. The minimum atomic E-state index is -3.67. The number of methoxy groups -OCH3 is 1. The monoisotopic (exact) mass is 317 g/mol. The molecule has 1 aromatic rings. The number of esters is 1. The highest BCUT2D eigenvalue weighted by molar-refractivity contribution is 7.92. The summed E-state index contributed by atoms with van der Waals surface area (Å²) >= 11 is 5.75. The highest BCUT2D eigenvalue weighted by Crippen LogP contribution is 2.12. The fourth-order valence-electron chi connectivity index (χ4n) is 1.41. The molecule has 0 saturated carbocycles. The second kappa shape index (κ2) is 7.42. The lowest BCUT2D eigenvalue weighted by Gasteiger charge is -2.16. The van der Waals surface area contributed by atoms with E-state index in [9.17, 15) is 13.2 Å². The van der Waals surface area contributed by atoms with Crippen molar-refractivity contribution < 1.29 is 17.9 Å². The summed E-state index contributed by atoms with van der Waals surface area (Å²) in [6.07, 6.45) is 1.45. The van der Waals surface area contributed by atoms with Crippen LogP contribution in [0.4, 0.5) is 0 Å². The molecule has 0 unspecified atom stereocenters. The van der Waals surface area contributed by atoms with Crippen molar-refractivity contribution in [2.45, 2.75) is 6.92 Å². The molecule has 7 heteroatoms. The van der Waals surface area contributed by atoms with E-state index in [4.69, 9.17) is 11.6 Å². The van der Waals surface area contributed by atoms with Crippen molar-refractivity contribution in [2.75, 3.05) is 20.2 Å². The van der Waals surface area contributed by atoms with E-state index in [0.717, 1.165) is 9.71 Å². The number of halogens is 1. The fraction of sp³-hybridized carbons (Fsp3) is 0.308. The summed E-state index contributed by atoms with van der Waals surface area (Å²) in [4.78, 5) is 11.2. The van der Waals surface area contributed by atoms with Crippen LogP contribution in [0.1, 0.15) is 12.5 Å². The molecule has 1 rings (SSSR count). The third-order valence-electron chi connectivity index (χ3n) is 2.55.